The molecule has 0 saturated carbocycles. The number of rotatable bonds is 6. The van der Waals surface area contributed by atoms with Gasteiger partial charge in [0, 0.05) is 30.3 Å². The Labute approximate surface area is 190 Å². The lowest BCUT2D eigenvalue weighted by Gasteiger charge is -2.20. The summed E-state index contributed by atoms with van der Waals surface area (Å²) in [5, 5.41) is 10.1. The van der Waals surface area contributed by atoms with Crippen LogP contribution in [0.25, 0.3) is 11.3 Å². The Morgan fingerprint density at radius 3 is 2.41 bits per heavy atom. The van der Waals surface area contributed by atoms with Crippen molar-refractivity contribution in [3.63, 3.8) is 0 Å². The number of alkyl halides is 3. The summed E-state index contributed by atoms with van der Waals surface area (Å²) in [7, 11) is 0. The fraction of sp³-hybridized carbons (Fsp3) is 0.182. The van der Waals surface area contributed by atoms with Gasteiger partial charge >= 0.3 is 12.3 Å². The number of benzene rings is 2. The standard InChI is InChI=1S/C22H16Cl2F3NO4/c1-2-28-14(8-12-4-3-5-15(9-12)32-22(25,26)27)11-18(29)19(21(30)31)20(28)13-6-7-16(23)17(24)10-13/h3-7,9-11H,2,8H2,1H3,(H,30,31). The summed E-state index contributed by atoms with van der Waals surface area (Å²) in [5.41, 5.74) is 0.170. The van der Waals surface area contributed by atoms with Crippen molar-refractivity contribution < 1.29 is 27.8 Å². The lowest BCUT2D eigenvalue weighted by atomic mass is 10.0. The summed E-state index contributed by atoms with van der Waals surface area (Å²) in [4.78, 5) is 24.6. The first-order valence-corrected chi connectivity index (χ1v) is 10.1. The SMILES string of the molecule is CCn1c(Cc2cccc(OC(F)(F)F)c2)cc(=O)c(C(=O)O)c1-c1ccc(Cl)c(Cl)c1. The predicted octanol–water partition coefficient (Wildman–Crippen LogP) is 6.03. The van der Waals surface area contributed by atoms with Crippen LogP contribution in [0.4, 0.5) is 13.2 Å². The van der Waals surface area contributed by atoms with Crippen molar-refractivity contribution in [3.05, 3.63) is 85.6 Å². The van der Waals surface area contributed by atoms with E-state index in [0.717, 1.165) is 0 Å². The van der Waals surface area contributed by atoms with E-state index in [1.807, 2.05) is 0 Å². The molecule has 2 aromatic carbocycles. The van der Waals surface area contributed by atoms with Crippen LogP contribution in [-0.2, 0) is 13.0 Å². The topological polar surface area (TPSA) is 68.5 Å². The van der Waals surface area contributed by atoms with Crippen molar-refractivity contribution in [2.45, 2.75) is 26.3 Å². The lowest BCUT2D eigenvalue weighted by Crippen LogP contribution is -2.23. The third-order valence-electron chi connectivity index (χ3n) is 4.64. The van der Waals surface area contributed by atoms with E-state index in [9.17, 15) is 27.9 Å². The van der Waals surface area contributed by atoms with E-state index in [4.69, 9.17) is 23.2 Å². The van der Waals surface area contributed by atoms with Crippen LogP contribution < -0.4 is 10.2 Å². The van der Waals surface area contributed by atoms with Gasteiger partial charge in [-0.1, -0.05) is 41.4 Å². The van der Waals surface area contributed by atoms with Crippen LogP contribution in [0.5, 0.6) is 5.75 Å². The van der Waals surface area contributed by atoms with Gasteiger partial charge in [-0.3, -0.25) is 4.79 Å². The number of carboxylic acids is 1. The highest BCUT2D eigenvalue weighted by Gasteiger charge is 2.31. The first kappa shape index (κ1) is 23.7. The van der Waals surface area contributed by atoms with Crippen molar-refractivity contribution in [3.8, 4) is 17.0 Å². The molecule has 0 radical (unpaired) electrons. The molecule has 168 valence electrons. The van der Waals surface area contributed by atoms with E-state index in [2.05, 4.69) is 4.74 Å². The van der Waals surface area contributed by atoms with Crippen LogP contribution in [-0.4, -0.2) is 22.0 Å². The molecule has 32 heavy (non-hydrogen) atoms. The number of carbonyl (C=O) groups is 1. The molecule has 0 amide bonds. The molecule has 5 nitrogen and oxygen atoms in total. The minimum atomic E-state index is -4.84. The number of nitrogens with zero attached hydrogens (tertiary/aromatic N) is 1. The van der Waals surface area contributed by atoms with E-state index in [1.165, 1.54) is 36.4 Å². The van der Waals surface area contributed by atoms with Crippen molar-refractivity contribution in [1.29, 1.82) is 0 Å². The van der Waals surface area contributed by atoms with Crippen LogP contribution in [0.15, 0.2) is 53.3 Å². The molecule has 0 bridgehead atoms. The maximum Gasteiger partial charge on any atom is 0.573 e. The van der Waals surface area contributed by atoms with E-state index in [1.54, 1.807) is 23.6 Å². The quantitative estimate of drug-likeness (QED) is 0.462. The number of hydrogen-bond acceptors (Lipinski definition) is 3. The molecule has 3 rings (SSSR count). The lowest BCUT2D eigenvalue weighted by molar-refractivity contribution is -0.274. The van der Waals surface area contributed by atoms with Gasteiger partial charge < -0.3 is 14.4 Å². The van der Waals surface area contributed by atoms with E-state index >= 15 is 0 Å². The molecule has 0 aliphatic carbocycles. The largest absolute Gasteiger partial charge is 0.573 e. The van der Waals surface area contributed by atoms with Gasteiger partial charge in [-0.15, -0.1) is 13.2 Å². The summed E-state index contributed by atoms with van der Waals surface area (Å²) in [6, 6.07) is 11.0. The zero-order chi connectivity index (χ0) is 23.6. The first-order chi connectivity index (χ1) is 15.0. The Balaban J connectivity index is 2.17. The average molecular weight is 486 g/mol. The average Bonchev–Trinajstić information content (AvgIpc) is 2.68. The first-order valence-electron chi connectivity index (χ1n) is 9.30. The number of pyridine rings is 1. The number of ether oxygens (including phenoxy) is 1. The Hall–Kier alpha value is -2.97. The number of aromatic carboxylic acids is 1. The molecule has 0 atom stereocenters. The number of hydrogen-bond donors (Lipinski definition) is 1. The highest BCUT2D eigenvalue weighted by atomic mass is 35.5. The fourth-order valence-electron chi connectivity index (χ4n) is 3.42. The van der Waals surface area contributed by atoms with Gasteiger partial charge in [0.2, 0.25) is 0 Å². The summed E-state index contributed by atoms with van der Waals surface area (Å²) in [6.45, 7) is 2.04. The molecule has 0 spiro atoms. The Morgan fingerprint density at radius 1 is 1.09 bits per heavy atom. The Morgan fingerprint density at radius 2 is 1.81 bits per heavy atom. The van der Waals surface area contributed by atoms with Crippen LogP contribution in [0, 0.1) is 0 Å². The maximum atomic E-state index is 12.7. The molecule has 0 saturated heterocycles. The van der Waals surface area contributed by atoms with Crippen molar-refractivity contribution >= 4 is 29.2 Å². The molecule has 1 heterocycles. The summed E-state index contributed by atoms with van der Waals surface area (Å²) < 4.78 is 43.2. The zero-order valence-corrected chi connectivity index (χ0v) is 18.1. The second kappa shape index (κ2) is 9.26. The van der Waals surface area contributed by atoms with Crippen LogP contribution in [0.1, 0.15) is 28.5 Å². The van der Waals surface area contributed by atoms with Crippen molar-refractivity contribution in [2.75, 3.05) is 0 Å². The molecule has 0 aliphatic heterocycles. The zero-order valence-electron chi connectivity index (χ0n) is 16.5. The summed E-state index contributed by atoms with van der Waals surface area (Å²) >= 11 is 12.1. The molecule has 3 aromatic rings. The molecule has 10 heteroatoms. The third kappa shape index (κ3) is 5.26. The van der Waals surface area contributed by atoms with E-state index < -0.39 is 29.1 Å². The van der Waals surface area contributed by atoms with Gasteiger partial charge in [-0.05, 0) is 36.8 Å². The van der Waals surface area contributed by atoms with E-state index in [-0.39, 0.29) is 28.7 Å². The highest BCUT2D eigenvalue weighted by Crippen LogP contribution is 2.31. The predicted molar refractivity (Wildman–Crippen MR) is 115 cm³/mol. The van der Waals surface area contributed by atoms with Crippen LogP contribution in [0.3, 0.4) is 0 Å². The van der Waals surface area contributed by atoms with Gasteiger partial charge in [-0.25, -0.2) is 4.79 Å². The minimum absolute atomic E-state index is 0.0619. The summed E-state index contributed by atoms with van der Waals surface area (Å²) in [5.74, 6) is -1.81. The molecular weight excluding hydrogens is 470 g/mol. The van der Waals surface area contributed by atoms with Gasteiger partial charge in [-0.2, -0.15) is 0 Å². The molecule has 0 aliphatic rings. The van der Waals surface area contributed by atoms with Gasteiger partial charge in [0.15, 0.2) is 5.43 Å². The number of carboxylic acid groups (broad SMARTS) is 1. The molecule has 0 fully saturated rings. The molecule has 1 N–H and O–H groups in total. The van der Waals surface area contributed by atoms with Crippen LogP contribution in [0.2, 0.25) is 10.0 Å². The summed E-state index contributed by atoms with van der Waals surface area (Å²) in [6.07, 6.45) is -4.78. The second-order valence-corrected chi connectivity index (χ2v) is 7.59. The number of aromatic nitrogens is 1. The maximum absolute atomic E-state index is 12.7. The fourth-order valence-corrected chi connectivity index (χ4v) is 3.71. The third-order valence-corrected chi connectivity index (χ3v) is 5.38. The Bertz CT molecular complexity index is 1240. The monoisotopic (exact) mass is 485 g/mol. The molecular formula is C22H16Cl2F3NO4. The normalized spacial score (nSPS) is 11.4. The van der Waals surface area contributed by atoms with Crippen molar-refractivity contribution in [2.24, 2.45) is 0 Å². The van der Waals surface area contributed by atoms with E-state index in [0.29, 0.717) is 16.8 Å². The number of halogens is 5. The highest BCUT2D eigenvalue weighted by molar-refractivity contribution is 6.42. The smallest absolute Gasteiger partial charge is 0.477 e. The van der Waals surface area contributed by atoms with Gasteiger partial charge in [0.25, 0.3) is 0 Å². The van der Waals surface area contributed by atoms with Gasteiger partial charge in [0.05, 0.1) is 15.7 Å². The van der Waals surface area contributed by atoms with Gasteiger partial charge in [0.1, 0.15) is 11.3 Å². The minimum Gasteiger partial charge on any atom is -0.477 e. The molecule has 1 aromatic heterocycles. The van der Waals surface area contributed by atoms with Crippen molar-refractivity contribution in [1.82, 2.24) is 4.57 Å². The second-order valence-electron chi connectivity index (χ2n) is 6.77. The Kier molecular flexibility index (Phi) is 6.85. The van der Waals surface area contributed by atoms with Crippen LogP contribution >= 0.6 is 23.2 Å². The molecule has 0 unspecified atom stereocenters.